The van der Waals surface area contributed by atoms with Gasteiger partial charge in [0.15, 0.2) is 0 Å². The lowest BCUT2D eigenvalue weighted by atomic mass is 10.2. The van der Waals surface area contributed by atoms with Gasteiger partial charge in [-0.1, -0.05) is 12.7 Å². The highest BCUT2D eigenvalue weighted by molar-refractivity contribution is 9.11. The number of benzene rings is 2. The van der Waals surface area contributed by atoms with E-state index in [1.165, 1.54) is 0 Å². The van der Waals surface area contributed by atoms with E-state index in [9.17, 15) is 14.4 Å². The average Bonchev–Trinajstić information content (AvgIpc) is 3.01. The number of anilines is 1. The third kappa shape index (κ3) is 5.81. The number of amides is 3. The summed E-state index contributed by atoms with van der Waals surface area (Å²) in [5.41, 5.74) is 1.22. The van der Waals surface area contributed by atoms with Gasteiger partial charge in [-0.2, -0.15) is 0 Å². The lowest BCUT2D eigenvalue weighted by Gasteiger charge is -2.12. The fourth-order valence-corrected chi connectivity index (χ4v) is 5.04. The van der Waals surface area contributed by atoms with Gasteiger partial charge in [0.1, 0.15) is 24.7 Å². The van der Waals surface area contributed by atoms with Crippen molar-refractivity contribution in [1.29, 1.82) is 0 Å². The van der Waals surface area contributed by atoms with Gasteiger partial charge in [-0.3, -0.25) is 19.3 Å². The number of carbonyl (C=O) groups is 3. The number of nitrogens with zero attached hydrogens (tertiary/aromatic N) is 1. The molecule has 1 saturated heterocycles. The summed E-state index contributed by atoms with van der Waals surface area (Å²) in [4.78, 5) is 38.6. The maximum absolute atomic E-state index is 12.7. The first-order chi connectivity index (χ1) is 15.3. The lowest BCUT2D eigenvalue weighted by molar-refractivity contribution is -0.127. The van der Waals surface area contributed by atoms with Gasteiger partial charge in [0, 0.05) is 5.69 Å². The number of imide groups is 1. The van der Waals surface area contributed by atoms with Crippen molar-refractivity contribution in [2.75, 3.05) is 25.6 Å². The van der Waals surface area contributed by atoms with Crippen LogP contribution in [0.2, 0.25) is 0 Å². The van der Waals surface area contributed by atoms with Crippen molar-refractivity contribution in [2.45, 2.75) is 0 Å². The van der Waals surface area contributed by atoms with E-state index in [0.717, 1.165) is 16.7 Å². The Morgan fingerprint density at radius 1 is 1.19 bits per heavy atom. The summed E-state index contributed by atoms with van der Waals surface area (Å²) >= 11 is 7.67. The zero-order valence-electron chi connectivity index (χ0n) is 16.9. The Kier molecular flexibility index (Phi) is 8.16. The normalized spacial score (nSPS) is 14.6. The molecule has 3 rings (SSSR count). The minimum atomic E-state index is -0.524. The van der Waals surface area contributed by atoms with Gasteiger partial charge in [0.05, 0.1) is 21.0 Å². The van der Waals surface area contributed by atoms with E-state index in [1.807, 2.05) is 0 Å². The van der Waals surface area contributed by atoms with Crippen molar-refractivity contribution < 1.29 is 23.9 Å². The monoisotopic (exact) mass is 580 g/mol. The number of methoxy groups -OCH3 is 1. The number of thioether (sulfide) groups is 1. The van der Waals surface area contributed by atoms with Crippen molar-refractivity contribution in [3.63, 3.8) is 0 Å². The fourth-order valence-electron chi connectivity index (χ4n) is 2.75. The topological polar surface area (TPSA) is 84.9 Å². The molecule has 0 bridgehead atoms. The maximum atomic E-state index is 12.7. The number of ether oxygens (including phenoxy) is 2. The second-order valence-corrected chi connectivity index (χ2v) is 9.16. The molecule has 0 aromatic heterocycles. The van der Waals surface area contributed by atoms with Crippen LogP contribution >= 0.6 is 43.6 Å². The van der Waals surface area contributed by atoms with Crippen LogP contribution in [0.5, 0.6) is 11.5 Å². The van der Waals surface area contributed by atoms with Gasteiger partial charge < -0.3 is 14.8 Å². The van der Waals surface area contributed by atoms with Crippen LogP contribution in [0, 0.1) is 0 Å². The fraction of sp³-hybridized carbons (Fsp3) is 0.136. The van der Waals surface area contributed by atoms with E-state index in [-0.39, 0.29) is 11.4 Å². The third-order valence-electron chi connectivity index (χ3n) is 4.21. The summed E-state index contributed by atoms with van der Waals surface area (Å²) < 4.78 is 12.0. The van der Waals surface area contributed by atoms with Crippen LogP contribution in [0.15, 0.2) is 62.9 Å². The number of hydrogen-bond acceptors (Lipinski definition) is 6. The Morgan fingerprint density at radius 3 is 2.44 bits per heavy atom. The molecule has 0 radical (unpaired) electrons. The second-order valence-electron chi connectivity index (χ2n) is 6.46. The molecule has 2 aromatic rings. The zero-order valence-corrected chi connectivity index (χ0v) is 20.9. The summed E-state index contributed by atoms with van der Waals surface area (Å²) in [6, 6.07) is 10.3. The van der Waals surface area contributed by atoms with Crippen LogP contribution < -0.4 is 14.8 Å². The van der Waals surface area contributed by atoms with Gasteiger partial charge >= 0.3 is 0 Å². The SMILES string of the molecule is C=CCOc1c(Br)cc(/C=C2\SC(=O)N(CC(=O)Nc3ccc(OC)cc3)C2=O)cc1Br. The maximum Gasteiger partial charge on any atom is 0.294 e. The van der Waals surface area contributed by atoms with Crippen LogP contribution in [0.4, 0.5) is 10.5 Å². The van der Waals surface area contributed by atoms with Gasteiger partial charge in [0.2, 0.25) is 5.91 Å². The molecule has 2 aromatic carbocycles. The van der Waals surface area contributed by atoms with Gasteiger partial charge in [-0.15, -0.1) is 0 Å². The number of nitrogens with one attached hydrogen (secondary N) is 1. The molecule has 0 unspecified atom stereocenters. The third-order valence-corrected chi connectivity index (χ3v) is 6.30. The number of hydrogen-bond donors (Lipinski definition) is 1. The first-order valence-corrected chi connectivity index (χ1v) is 11.6. The highest BCUT2D eigenvalue weighted by Gasteiger charge is 2.36. The van der Waals surface area contributed by atoms with Gasteiger partial charge in [-0.05, 0) is 91.7 Å². The van der Waals surface area contributed by atoms with E-state index in [4.69, 9.17) is 9.47 Å². The summed E-state index contributed by atoms with van der Waals surface area (Å²) in [5.74, 6) is 0.250. The Balaban J connectivity index is 1.70. The number of rotatable bonds is 8. The molecule has 32 heavy (non-hydrogen) atoms. The molecular formula is C22H18Br2N2O5S. The quantitative estimate of drug-likeness (QED) is 0.329. The van der Waals surface area contributed by atoms with Crippen LogP contribution in [0.1, 0.15) is 5.56 Å². The smallest absolute Gasteiger partial charge is 0.294 e. The predicted octanol–water partition coefficient (Wildman–Crippen LogP) is 5.46. The molecule has 0 spiro atoms. The molecule has 1 N–H and O–H groups in total. The Labute approximate surface area is 206 Å². The van der Waals surface area contributed by atoms with E-state index in [1.54, 1.807) is 55.7 Å². The largest absolute Gasteiger partial charge is 0.497 e. The Bertz CT molecular complexity index is 1080. The van der Waals surface area contributed by atoms with Crippen molar-refractivity contribution >= 4 is 72.4 Å². The molecule has 166 valence electrons. The first kappa shape index (κ1) is 24.1. The lowest BCUT2D eigenvalue weighted by Crippen LogP contribution is -2.36. The molecule has 0 atom stereocenters. The van der Waals surface area contributed by atoms with E-state index < -0.39 is 17.1 Å². The molecular weight excluding hydrogens is 564 g/mol. The molecule has 0 saturated carbocycles. The van der Waals surface area contributed by atoms with Crippen molar-refractivity contribution in [2.24, 2.45) is 0 Å². The van der Waals surface area contributed by atoms with E-state index >= 15 is 0 Å². The minimum Gasteiger partial charge on any atom is -0.497 e. The van der Waals surface area contributed by atoms with Crippen molar-refractivity contribution in [1.82, 2.24) is 4.90 Å². The van der Waals surface area contributed by atoms with Gasteiger partial charge in [-0.25, -0.2) is 0 Å². The van der Waals surface area contributed by atoms with Crippen LogP contribution in [-0.4, -0.2) is 42.2 Å². The van der Waals surface area contributed by atoms with Crippen LogP contribution in [0.3, 0.4) is 0 Å². The highest BCUT2D eigenvalue weighted by Crippen LogP contribution is 2.37. The molecule has 1 fully saturated rings. The molecule has 3 amide bonds. The summed E-state index contributed by atoms with van der Waals surface area (Å²) in [7, 11) is 1.55. The van der Waals surface area contributed by atoms with E-state index in [0.29, 0.717) is 38.3 Å². The number of halogens is 2. The van der Waals surface area contributed by atoms with Gasteiger partial charge in [0.25, 0.3) is 11.1 Å². The van der Waals surface area contributed by atoms with Crippen molar-refractivity contribution in [3.05, 3.63) is 68.5 Å². The predicted molar refractivity (Wildman–Crippen MR) is 132 cm³/mol. The molecule has 1 heterocycles. The highest BCUT2D eigenvalue weighted by atomic mass is 79.9. The van der Waals surface area contributed by atoms with Crippen LogP contribution in [0.25, 0.3) is 6.08 Å². The first-order valence-electron chi connectivity index (χ1n) is 9.24. The molecule has 1 aliphatic heterocycles. The minimum absolute atomic E-state index is 0.228. The molecule has 1 aliphatic rings. The summed E-state index contributed by atoms with van der Waals surface area (Å²) in [5, 5.41) is 2.16. The summed E-state index contributed by atoms with van der Waals surface area (Å²) in [6.45, 7) is 3.58. The Morgan fingerprint density at radius 2 is 1.84 bits per heavy atom. The molecule has 7 nitrogen and oxygen atoms in total. The average molecular weight is 582 g/mol. The zero-order chi connectivity index (χ0) is 23.3. The summed E-state index contributed by atoms with van der Waals surface area (Å²) in [6.07, 6.45) is 3.23. The van der Waals surface area contributed by atoms with E-state index in [2.05, 4.69) is 43.8 Å². The second kappa shape index (κ2) is 10.8. The Hall–Kier alpha value is -2.56. The molecule has 0 aliphatic carbocycles. The van der Waals surface area contributed by atoms with Crippen molar-refractivity contribution in [3.8, 4) is 11.5 Å². The van der Waals surface area contributed by atoms with Crippen LogP contribution in [-0.2, 0) is 9.59 Å². The standard InChI is InChI=1S/C22H18Br2N2O5S/c1-3-8-31-20-16(23)9-13(10-17(20)24)11-18-21(28)26(22(29)32-18)12-19(27)25-14-4-6-15(30-2)7-5-14/h3-7,9-11H,1,8,12H2,2H3,(H,25,27)/b18-11-. The number of carbonyl (C=O) groups excluding carboxylic acids is 3. The molecule has 10 heteroatoms.